The summed E-state index contributed by atoms with van der Waals surface area (Å²) in [5.74, 6) is 0. The number of rotatable bonds is 0. The summed E-state index contributed by atoms with van der Waals surface area (Å²) in [4.78, 5) is 0. The quantitative estimate of drug-likeness (QED) is 0.500. The maximum absolute atomic E-state index is 0. The zero-order valence-electron chi connectivity index (χ0n) is 1.46. The molecule has 0 nitrogen and oxygen atoms in total. The van der Waals surface area contributed by atoms with Gasteiger partial charge < -0.3 is 0 Å². The fraction of sp³-hybridized carbons (Fsp3) is 0. The predicted molar refractivity (Wildman–Crippen MR) is 20.3 cm³/mol. The molecule has 4 heavy (non-hydrogen) atoms. The van der Waals surface area contributed by atoms with Gasteiger partial charge >= 0.3 is 19.8 Å². The van der Waals surface area contributed by atoms with Crippen molar-refractivity contribution in [3.05, 3.63) is 0 Å². The van der Waals surface area contributed by atoms with Gasteiger partial charge in [-0.3, -0.25) is 0 Å². The van der Waals surface area contributed by atoms with E-state index in [4.69, 9.17) is 0 Å². The van der Waals surface area contributed by atoms with Gasteiger partial charge in [0.05, 0.1) is 0 Å². The molecule has 0 aliphatic heterocycles. The molecule has 0 aromatic heterocycles. The molecule has 0 amide bonds. The molecule has 0 saturated heterocycles. The van der Waals surface area contributed by atoms with Crippen molar-refractivity contribution in [1.82, 2.24) is 0 Å². The Bertz CT molecular complexity index is 8.00. The largest absolute Gasteiger partial charge is 0 e. The van der Waals surface area contributed by atoms with Gasteiger partial charge in [-0.1, -0.05) is 0 Å². The number of hydrogen-bond acceptors (Lipinski definition) is 0. The fourth-order valence-electron chi connectivity index (χ4n) is 0. The molecule has 0 aliphatic carbocycles. The second-order valence-electron chi connectivity index (χ2n) is 0. The Morgan fingerprint density at radius 2 is 1.00 bits per heavy atom. The van der Waals surface area contributed by atoms with Gasteiger partial charge in [-0.15, -0.1) is 0 Å². The molecule has 0 bridgehead atoms. The molecule has 0 fully saturated rings. The van der Waals surface area contributed by atoms with Crippen LogP contribution in [0.5, 0.6) is 0 Å². The Labute approximate surface area is 84.4 Å². The minimum Gasteiger partial charge on any atom is 0 e. The summed E-state index contributed by atoms with van der Waals surface area (Å²) >= 11 is 0. The Balaban J connectivity index is 0. The molecular weight excluding hydrogens is 296 g/mol. The van der Waals surface area contributed by atoms with E-state index in [9.17, 15) is 0 Å². The summed E-state index contributed by atoms with van der Waals surface area (Å²) in [5, 5.41) is 0. The average molecular weight is 301 g/mol. The van der Waals surface area contributed by atoms with E-state index >= 15 is 0 Å². The Hall–Kier alpha value is 2.70. The van der Waals surface area contributed by atoms with E-state index < -0.39 is 0 Å². The van der Waals surface area contributed by atoms with Crippen molar-refractivity contribution < 1.29 is 52.7 Å². The van der Waals surface area contributed by atoms with Crippen LogP contribution < -0.4 is 0 Å². The van der Waals surface area contributed by atoms with E-state index in [1.165, 1.54) is 0 Å². The van der Waals surface area contributed by atoms with Crippen molar-refractivity contribution >= 4 is 33.3 Å². The third kappa shape index (κ3) is 8.83. The molecule has 4 heteroatoms. The van der Waals surface area contributed by atoms with Crippen LogP contribution in [0.2, 0.25) is 0 Å². The van der Waals surface area contributed by atoms with Crippen molar-refractivity contribution in [3.8, 4) is 0 Å². The second-order valence-corrected chi connectivity index (χ2v) is 0. The van der Waals surface area contributed by atoms with Crippen molar-refractivity contribution in [1.29, 1.82) is 0 Å². The molecule has 0 N–H and O–H groups in total. The summed E-state index contributed by atoms with van der Waals surface area (Å²) in [6, 6.07) is 0. The van der Waals surface area contributed by atoms with Crippen LogP contribution in [0.3, 0.4) is 0 Å². The third-order valence-corrected chi connectivity index (χ3v) is 0. The smallest absolute Gasteiger partial charge is 0 e. The minimum absolute atomic E-state index is 0. The first-order valence-corrected chi connectivity index (χ1v) is 0. The molecule has 2 radical (unpaired) electrons. The summed E-state index contributed by atoms with van der Waals surface area (Å²) in [5.41, 5.74) is 0. The van der Waals surface area contributed by atoms with Crippen LogP contribution in [0.4, 0.5) is 0 Å². The van der Waals surface area contributed by atoms with E-state index in [2.05, 4.69) is 0 Å². The molecule has 0 aliphatic rings. The molecule has 0 rings (SSSR count). The first-order chi connectivity index (χ1) is 0. The SMILES string of the molecule is S.[GaH3].[La].[Mn]. The minimum atomic E-state index is 0. The number of hydrogen-bond donors (Lipinski definition) is 0. The van der Waals surface area contributed by atoms with Gasteiger partial charge in [-0.2, -0.15) is 13.5 Å². The normalized spacial score (nSPS) is 0. The molecule has 0 aromatic rings. The van der Waals surface area contributed by atoms with Crippen molar-refractivity contribution in [2.24, 2.45) is 0 Å². The Kier molecular flexibility index (Phi) is 129. The van der Waals surface area contributed by atoms with Crippen LogP contribution in [-0.2, 0) is 17.1 Å². The van der Waals surface area contributed by atoms with Crippen molar-refractivity contribution in [2.45, 2.75) is 0 Å². The van der Waals surface area contributed by atoms with E-state index in [0.717, 1.165) is 0 Å². The van der Waals surface area contributed by atoms with Crippen molar-refractivity contribution in [2.75, 3.05) is 0 Å². The van der Waals surface area contributed by atoms with Crippen LogP contribution in [-0.4, -0.2) is 19.8 Å². The maximum atomic E-state index is 0. The third-order valence-electron chi connectivity index (χ3n) is 0. The summed E-state index contributed by atoms with van der Waals surface area (Å²) in [7, 11) is 0. The second kappa shape index (κ2) is 17.3. The van der Waals surface area contributed by atoms with Gasteiger partial charge in [0.2, 0.25) is 0 Å². The van der Waals surface area contributed by atoms with Gasteiger partial charge in [0.25, 0.3) is 0 Å². The monoisotopic (exact) mass is 300 g/mol. The summed E-state index contributed by atoms with van der Waals surface area (Å²) in [6.45, 7) is 0. The van der Waals surface area contributed by atoms with Crippen LogP contribution >= 0.6 is 13.5 Å². The van der Waals surface area contributed by atoms with E-state index in [1.54, 1.807) is 0 Å². The average Bonchev–Trinajstić information content (AvgIpc) is 0. The molecule has 0 atom stereocenters. The first-order valence-electron chi connectivity index (χ1n) is 0. The van der Waals surface area contributed by atoms with Gasteiger partial charge in [-0.05, 0) is 0 Å². The zero-order chi connectivity index (χ0) is 0. The van der Waals surface area contributed by atoms with E-state index in [1.807, 2.05) is 0 Å². The van der Waals surface area contributed by atoms with Crippen LogP contribution in [0.25, 0.3) is 0 Å². The van der Waals surface area contributed by atoms with Crippen LogP contribution in [0.15, 0.2) is 0 Å². The molecule has 24 valence electrons. The van der Waals surface area contributed by atoms with Gasteiger partial charge in [0.15, 0.2) is 0 Å². The van der Waals surface area contributed by atoms with Crippen LogP contribution in [0, 0.1) is 35.6 Å². The fourth-order valence-corrected chi connectivity index (χ4v) is 0. The molecule has 0 aromatic carbocycles. The summed E-state index contributed by atoms with van der Waals surface area (Å²) in [6.07, 6.45) is 0. The predicted octanol–water partition coefficient (Wildman–Crippen LogP) is -1.07. The van der Waals surface area contributed by atoms with Crippen LogP contribution in [0.1, 0.15) is 0 Å². The molecular formula is H5GaLaMnS. The molecule has 0 unspecified atom stereocenters. The Morgan fingerprint density at radius 1 is 1.00 bits per heavy atom. The zero-order valence-corrected chi connectivity index (χ0v) is 7.26. The topological polar surface area (TPSA) is 0 Å². The van der Waals surface area contributed by atoms with Gasteiger partial charge in [0.1, 0.15) is 0 Å². The molecule has 0 spiro atoms. The standard InChI is InChI=1S/Ga.La.Mn.H2S.3H/h;;;1H2;;;. The summed E-state index contributed by atoms with van der Waals surface area (Å²) < 4.78 is 0. The van der Waals surface area contributed by atoms with E-state index in [-0.39, 0.29) is 86.0 Å². The molecule has 0 heterocycles. The van der Waals surface area contributed by atoms with Crippen molar-refractivity contribution in [3.63, 3.8) is 0 Å². The molecule has 0 saturated carbocycles. The van der Waals surface area contributed by atoms with Gasteiger partial charge in [-0.25, -0.2) is 0 Å². The maximum Gasteiger partial charge on any atom is 0 e. The van der Waals surface area contributed by atoms with E-state index in [0.29, 0.717) is 0 Å². The van der Waals surface area contributed by atoms with Gasteiger partial charge in [0, 0.05) is 52.7 Å². The first kappa shape index (κ1) is 29.9. The Morgan fingerprint density at radius 3 is 1.00 bits per heavy atom.